The molecule has 0 spiro atoms. The average Bonchev–Trinajstić information content (AvgIpc) is 2.91. The summed E-state index contributed by atoms with van der Waals surface area (Å²) in [6.45, 7) is 1.70. The van der Waals surface area contributed by atoms with Gasteiger partial charge in [-0.05, 0) is 32.6 Å². The van der Waals surface area contributed by atoms with E-state index in [1.807, 2.05) is 0 Å². The molecule has 0 bridgehead atoms. The van der Waals surface area contributed by atoms with E-state index in [-0.39, 0.29) is 37.5 Å². The predicted molar refractivity (Wildman–Crippen MR) is 62.2 cm³/mol. The van der Waals surface area contributed by atoms with Crippen molar-refractivity contribution in [3.63, 3.8) is 0 Å². The van der Waals surface area contributed by atoms with E-state index in [0.29, 0.717) is 5.82 Å². The fourth-order valence-corrected chi connectivity index (χ4v) is 2.43. The summed E-state index contributed by atoms with van der Waals surface area (Å²) < 4.78 is 37.6. The van der Waals surface area contributed by atoms with E-state index in [2.05, 4.69) is 25.9 Å². The van der Waals surface area contributed by atoms with Gasteiger partial charge in [0.25, 0.3) is 0 Å². The average molecular weight is 291 g/mol. The molecule has 0 aromatic carbocycles. The number of hydrogen-bond acceptors (Lipinski definition) is 4. The molecular weight excluding hydrogens is 275 g/mol. The van der Waals surface area contributed by atoms with Crippen molar-refractivity contribution in [3.05, 3.63) is 5.82 Å². The third-order valence-corrected chi connectivity index (χ3v) is 3.67. The molecule has 0 radical (unpaired) electrons. The van der Waals surface area contributed by atoms with Crippen LogP contribution in [-0.2, 0) is 4.79 Å². The van der Waals surface area contributed by atoms with Gasteiger partial charge in [0.2, 0.25) is 5.91 Å². The molecule has 0 saturated heterocycles. The normalized spacial score (nSPS) is 25.2. The topological polar surface area (TPSA) is 83.6 Å². The van der Waals surface area contributed by atoms with Crippen molar-refractivity contribution in [2.45, 2.75) is 44.8 Å². The number of carbonyl (C=O) groups is 1. The van der Waals surface area contributed by atoms with Gasteiger partial charge in [-0.3, -0.25) is 4.79 Å². The smallest absolute Gasteiger partial charge is 0.346 e. The van der Waals surface area contributed by atoms with Crippen molar-refractivity contribution in [1.82, 2.24) is 25.9 Å². The fraction of sp³-hybridized carbons (Fsp3) is 0.818. The van der Waals surface area contributed by atoms with E-state index in [1.54, 1.807) is 6.92 Å². The number of nitrogens with one attached hydrogen (secondary N) is 2. The number of alkyl halides is 3. The molecule has 112 valence electrons. The van der Waals surface area contributed by atoms with Crippen molar-refractivity contribution in [1.29, 1.82) is 0 Å². The number of tetrazole rings is 1. The van der Waals surface area contributed by atoms with Gasteiger partial charge in [-0.15, -0.1) is 10.2 Å². The van der Waals surface area contributed by atoms with Crippen LogP contribution in [0.1, 0.15) is 44.5 Å². The zero-order chi connectivity index (χ0) is 14.8. The maximum Gasteiger partial charge on any atom is 0.391 e. The fourth-order valence-electron chi connectivity index (χ4n) is 2.43. The van der Waals surface area contributed by atoms with Crippen LogP contribution in [0, 0.1) is 11.8 Å². The largest absolute Gasteiger partial charge is 0.391 e. The van der Waals surface area contributed by atoms with Crippen LogP contribution in [0.15, 0.2) is 0 Å². The third-order valence-electron chi connectivity index (χ3n) is 3.67. The van der Waals surface area contributed by atoms with Gasteiger partial charge in [-0.25, -0.2) is 0 Å². The van der Waals surface area contributed by atoms with Gasteiger partial charge in [0.15, 0.2) is 5.82 Å². The van der Waals surface area contributed by atoms with Crippen molar-refractivity contribution in [3.8, 4) is 0 Å². The minimum Gasteiger partial charge on any atom is -0.346 e. The lowest BCUT2D eigenvalue weighted by molar-refractivity contribution is -0.184. The van der Waals surface area contributed by atoms with Crippen LogP contribution in [0.5, 0.6) is 0 Å². The monoisotopic (exact) mass is 291 g/mol. The minimum absolute atomic E-state index is 0.0121. The molecule has 1 aromatic rings. The Morgan fingerprint density at radius 3 is 2.50 bits per heavy atom. The molecule has 1 amide bonds. The minimum atomic E-state index is -4.15. The van der Waals surface area contributed by atoms with E-state index in [0.717, 1.165) is 0 Å². The summed E-state index contributed by atoms with van der Waals surface area (Å²) in [5.74, 6) is -1.55. The molecule has 6 nitrogen and oxygen atoms in total. The number of carbonyl (C=O) groups excluding carboxylic acids is 1. The highest BCUT2D eigenvalue weighted by molar-refractivity contribution is 5.79. The van der Waals surface area contributed by atoms with Crippen molar-refractivity contribution >= 4 is 5.91 Å². The summed E-state index contributed by atoms with van der Waals surface area (Å²) >= 11 is 0. The summed E-state index contributed by atoms with van der Waals surface area (Å²) in [4.78, 5) is 12.0. The van der Waals surface area contributed by atoms with Crippen LogP contribution >= 0.6 is 0 Å². The van der Waals surface area contributed by atoms with E-state index >= 15 is 0 Å². The van der Waals surface area contributed by atoms with E-state index in [9.17, 15) is 18.0 Å². The second-order valence-electron chi connectivity index (χ2n) is 5.09. The first-order valence-corrected chi connectivity index (χ1v) is 6.48. The molecule has 0 aliphatic heterocycles. The first kappa shape index (κ1) is 14.7. The van der Waals surface area contributed by atoms with Crippen molar-refractivity contribution in [2.24, 2.45) is 11.8 Å². The molecule has 1 heterocycles. The summed E-state index contributed by atoms with van der Waals surface area (Å²) in [6.07, 6.45) is -3.61. The third kappa shape index (κ3) is 3.45. The SMILES string of the molecule is CC(NC(=O)C1CCC(C(F)(F)F)CC1)c1nn[nH]n1. The molecule has 2 N–H and O–H groups in total. The molecule has 1 fully saturated rings. The number of amides is 1. The molecule has 2 rings (SSSR count). The molecular formula is C11H16F3N5O. The number of rotatable bonds is 3. The number of aromatic nitrogens is 4. The second-order valence-corrected chi connectivity index (χ2v) is 5.09. The molecule has 1 atom stereocenters. The number of hydrogen-bond donors (Lipinski definition) is 2. The van der Waals surface area contributed by atoms with Crippen LogP contribution in [-0.4, -0.2) is 32.7 Å². The van der Waals surface area contributed by atoms with Gasteiger partial charge in [-0.1, -0.05) is 5.21 Å². The number of aromatic amines is 1. The molecule has 1 aliphatic rings. The lowest BCUT2D eigenvalue weighted by Crippen LogP contribution is -2.37. The standard InChI is InChI=1S/C11H16F3N5O/c1-6(9-16-18-19-17-9)15-10(20)7-2-4-8(5-3-7)11(12,13)14/h6-8H,2-5H2,1H3,(H,15,20)(H,16,17,18,19). The first-order chi connectivity index (χ1) is 9.38. The maximum absolute atomic E-state index is 12.5. The summed E-state index contributed by atoms with van der Waals surface area (Å²) in [7, 11) is 0. The molecule has 9 heteroatoms. The van der Waals surface area contributed by atoms with Gasteiger partial charge >= 0.3 is 6.18 Å². The zero-order valence-corrected chi connectivity index (χ0v) is 10.9. The first-order valence-electron chi connectivity index (χ1n) is 6.48. The Hall–Kier alpha value is -1.67. The Labute approximate surface area is 113 Å². The highest BCUT2D eigenvalue weighted by Gasteiger charge is 2.42. The molecule has 1 aromatic heterocycles. The second kappa shape index (κ2) is 5.76. The Kier molecular flexibility index (Phi) is 4.24. The highest BCUT2D eigenvalue weighted by atomic mass is 19.4. The zero-order valence-electron chi connectivity index (χ0n) is 10.9. The van der Waals surface area contributed by atoms with Crippen LogP contribution < -0.4 is 5.32 Å². The summed E-state index contributed by atoms with van der Waals surface area (Å²) in [5.41, 5.74) is 0. The van der Waals surface area contributed by atoms with Crippen LogP contribution in [0.2, 0.25) is 0 Å². The lowest BCUT2D eigenvalue weighted by atomic mass is 9.81. The van der Waals surface area contributed by atoms with Crippen LogP contribution in [0.25, 0.3) is 0 Å². The Morgan fingerprint density at radius 2 is 2.00 bits per heavy atom. The molecule has 1 aliphatic carbocycles. The van der Waals surface area contributed by atoms with Crippen molar-refractivity contribution < 1.29 is 18.0 Å². The summed E-state index contributed by atoms with van der Waals surface area (Å²) in [5, 5.41) is 15.9. The number of H-pyrrole nitrogens is 1. The van der Waals surface area contributed by atoms with Gasteiger partial charge in [0, 0.05) is 5.92 Å². The number of nitrogens with zero attached hydrogens (tertiary/aromatic N) is 3. The van der Waals surface area contributed by atoms with Crippen LogP contribution in [0.3, 0.4) is 0 Å². The van der Waals surface area contributed by atoms with E-state index < -0.39 is 18.1 Å². The lowest BCUT2D eigenvalue weighted by Gasteiger charge is -2.29. The van der Waals surface area contributed by atoms with E-state index in [1.165, 1.54) is 0 Å². The van der Waals surface area contributed by atoms with Crippen LogP contribution in [0.4, 0.5) is 13.2 Å². The highest BCUT2D eigenvalue weighted by Crippen LogP contribution is 2.39. The van der Waals surface area contributed by atoms with Gasteiger partial charge in [-0.2, -0.15) is 18.4 Å². The molecule has 1 unspecified atom stereocenters. The quantitative estimate of drug-likeness (QED) is 0.888. The van der Waals surface area contributed by atoms with Crippen molar-refractivity contribution in [2.75, 3.05) is 0 Å². The predicted octanol–water partition coefficient (Wildman–Crippen LogP) is 1.75. The summed E-state index contributed by atoms with van der Waals surface area (Å²) in [6, 6.07) is -0.415. The van der Waals surface area contributed by atoms with E-state index in [4.69, 9.17) is 0 Å². The molecule has 20 heavy (non-hydrogen) atoms. The molecule has 1 saturated carbocycles. The van der Waals surface area contributed by atoms with Gasteiger partial charge in [0.1, 0.15) is 0 Å². The Bertz CT molecular complexity index is 439. The number of halogens is 3. The Morgan fingerprint density at radius 1 is 1.35 bits per heavy atom. The maximum atomic E-state index is 12.5. The Balaban J connectivity index is 1.83. The van der Waals surface area contributed by atoms with Gasteiger partial charge < -0.3 is 5.32 Å². The van der Waals surface area contributed by atoms with Gasteiger partial charge in [0.05, 0.1) is 12.0 Å².